The monoisotopic (exact) mass is 407 g/mol. The molecule has 2 amide bonds. The van der Waals surface area contributed by atoms with Crippen molar-refractivity contribution in [1.82, 2.24) is 5.32 Å². The molecule has 0 atom stereocenters. The third-order valence-electron chi connectivity index (χ3n) is 5.81. The maximum absolute atomic E-state index is 12.1. The zero-order chi connectivity index (χ0) is 21.3. The Bertz CT molecular complexity index is 853. The van der Waals surface area contributed by atoms with Gasteiger partial charge in [0.2, 0.25) is 0 Å². The number of anilines is 2. The van der Waals surface area contributed by atoms with Gasteiger partial charge in [-0.1, -0.05) is 31.0 Å². The molecule has 5 nitrogen and oxygen atoms in total. The summed E-state index contributed by atoms with van der Waals surface area (Å²) in [5.41, 5.74) is 5.43. The van der Waals surface area contributed by atoms with Crippen molar-refractivity contribution in [2.75, 3.05) is 29.9 Å². The Morgan fingerprint density at radius 2 is 1.57 bits per heavy atom. The minimum atomic E-state index is -0.625. The second kappa shape index (κ2) is 10.8. The number of amides is 2. The molecule has 2 aromatic rings. The molecule has 1 aliphatic rings. The molecule has 3 rings (SSSR count). The Morgan fingerprint density at radius 3 is 2.23 bits per heavy atom. The van der Waals surface area contributed by atoms with Crippen LogP contribution in [0, 0.1) is 13.8 Å². The van der Waals surface area contributed by atoms with E-state index in [1.165, 1.54) is 36.9 Å². The number of rotatable bonds is 6. The fourth-order valence-electron chi connectivity index (χ4n) is 3.78. The number of carbonyl (C=O) groups is 2. The summed E-state index contributed by atoms with van der Waals surface area (Å²) in [4.78, 5) is 26.6. The van der Waals surface area contributed by atoms with Gasteiger partial charge in [-0.05, 0) is 80.5 Å². The summed E-state index contributed by atoms with van der Waals surface area (Å²) in [7, 11) is 0. The van der Waals surface area contributed by atoms with Gasteiger partial charge in [-0.2, -0.15) is 0 Å². The van der Waals surface area contributed by atoms with Gasteiger partial charge in [0.05, 0.1) is 0 Å². The Morgan fingerprint density at radius 1 is 0.867 bits per heavy atom. The predicted octanol–water partition coefficient (Wildman–Crippen LogP) is 4.37. The molecule has 5 heteroatoms. The second-order valence-corrected chi connectivity index (χ2v) is 8.18. The smallest absolute Gasteiger partial charge is 0.313 e. The Hall–Kier alpha value is -2.82. The van der Waals surface area contributed by atoms with Crippen molar-refractivity contribution in [2.24, 2.45) is 0 Å². The quantitative estimate of drug-likeness (QED) is 0.552. The molecule has 2 aromatic carbocycles. The van der Waals surface area contributed by atoms with Crippen LogP contribution in [0.2, 0.25) is 0 Å². The van der Waals surface area contributed by atoms with Gasteiger partial charge in [-0.15, -0.1) is 0 Å². The largest absolute Gasteiger partial charge is 0.372 e. The molecule has 1 aliphatic heterocycles. The van der Waals surface area contributed by atoms with Gasteiger partial charge < -0.3 is 15.5 Å². The highest BCUT2D eigenvalue weighted by atomic mass is 16.2. The van der Waals surface area contributed by atoms with Gasteiger partial charge >= 0.3 is 11.8 Å². The highest BCUT2D eigenvalue weighted by Crippen LogP contribution is 2.20. The van der Waals surface area contributed by atoms with Gasteiger partial charge in [-0.25, -0.2) is 0 Å². The van der Waals surface area contributed by atoms with Gasteiger partial charge in [0, 0.05) is 31.0 Å². The average Bonchev–Trinajstić information content (AvgIpc) is 3.04. The van der Waals surface area contributed by atoms with E-state index in [0.717, 1.165) is 37.1 Å². The molecular formula is C25H33N3O2. The van der Waals surface area contributed by atoms with Gasteiger partial charge in [0.1, 0.15) is 0 Å². The lowest BCUT2D eigenvalue weighted by Gasteiger charge is -2.22. The van der Waals surface area contributed by atoms with Crippen molar-refractivity contribution < 1.29 is 9.59 Å². The highest BCUT2D eigenvalue weighted by molar-refractivity contribution is 6.39. The number of carbonyl (C=O) groups excluding carboxylic acids is 2. The van der Waals surface area contributed by atoms with Crippen molar-refractivity contribution in [1.29, 1.82) is 0 Å². The molecule has 2 N–H and O–H groups in total. The lowest BCUT2D eigenvalue weighted by molar-refractivity contribution is -0.136. The molecule has 160 valence electrons. The molecule has 30 heavy (non-hydrogen) atoms. The third-order valence-corrected chi connectivity index (χ3v) is 5.81. The first-order valence-electron chi connectivity index (χ1n) is 11.0. The summed E-state index contributed by atoms with van der Waals surface area (Å²) < 4.78 is 0. The lowest BCUT2D eigenvalue weighted by Crippen LogP contribution is -2.36. The zero-order valence-corrected chi connectivity index (χ0v) is 18.2. The van der Waals surface area contributed by atoms with E-state index in [4.69, 9.17) is 0 Å². The molecule has 0 bridgehead atoms. The molecule has 0 spiro atoms. The van der Waals surface area contributed by atoms with Crippen LogP contribution in [0.25, 0.3) is 0 Å². The summed E-state index contributed by atoms with van der Waals surface area (Å²) in [5, 5.41) is 5.36. The molecule has 1 fully saturated rings. The summed E-state index contributed by atoms with van der Waals surface area (Å²) >= 11 is 0. The van der Waals surface area contributed by atoms with E-state index in [2.05, 4.69) is 39.8 Å². The lowest BCUT2D eigenvalue weighted by atomic mass is 10.1. The van der Waals surface area contributed by atoms with Crippen LogP contribution in [0.1, 0.15) is 48.8 Å². The number of benzene rings is 2. The van der Waals surface area contributed by atoms with Crippen molar-refractivity contribution >= 4 is 23.2 Å². The number of hydrogen-bond donors (Lipinski definition) is 2. The van der Waals surface area contributed by atoms with E-state index in [0.29, 0.717) is 12.2 Å². The zero-order valence-electron chi connectivity index (χ0n) is 18.2. The number of hydrogen-bond acceptors (Lipinski definition) is 3. The minimum Gasteiger partial charge on any atom is -0.372 e. The maximum Gasteiger partial charge on any atom is 0.313 e. The first kappa shape index (κ1) is 21.9. The number of nitrogens with zero attached hydrogens (tertiary/aromatic N) is 1. The first-order valence-corrected chi connectivity index (χ1v) is 11.0. The summed E-state index contributed by atoms with van der Waals surface area (Å²) in [6, 6.07) is 14.4. The van der Waals surface area contributed by atoms with E-state index < -0.39 is 11.8 Å². The van der Waals surface area contributed by atoms with Crippen molar-refractivity contribution in [2.45, 2.75) is 52.4 Å². The van der Waals surface area contributed by atoms with E-state index in [9.17, 15) is 9.59 Å². The summed E-state index contributed by atoms with van der Waals surface area (Å²) in [6.45, 7) is 6.76. The Kier molecular flexibility index (Phi) is 7.89. The maximum atomic E-state index is 12.1. The van der Waals surface area contributed by atoms with E-state index in [-0.39, 0.29) is 0 Å². The Labute approximate surface area is 179 Å². The van der Waals surface area contributed by atoms with Crippen molar-refractivity contribution in [3.05, 3.63) is 59.2 Å². The molecule has 1 heterocycles. The molecule has 0 unspecified atom stereocenters. The number of nitrogens with one attached hydrogen (secondary N) is 2. The van der Waals surface area contributed by atoms with Crippen LogP contribution in [-0.2, 0) is 16.0 Å². The first-order chi connectivity index (χ1) is 14.5. The van der Waals surface area contributed by atoms with Crippen LogP contribution >= 0.6 is 0 Å². The van der Waals surface area contributed by atoms with E-state index >= 15 is 0 Å². The Balaban J connectivity index is 1.39. The van der Waals surface area contributed by atoms with Crippen LogP contribution in [0.5, 0.6) is 0 Å². The fourth-order valence-corrected chi connectivity index (χ4v) is 3.78. The number of aryl methyl sites for hydroxylation is 3. The minimum absolute atomic E-state index is 0.479. The van der Waals surface area contributed by atoms with Crippen LogP contribution in [0.4, 0.5) is 11.4 Å². The molecule has 0 radical (unpaired) electrons. The van der Waals surface area contributed by atoms with Crippen molar-refractivity contribution in [3.63, 3.8) is 0 Å². The van der Waals surface area contributed by atoms with E-state index in [1.54, 1.807) is 0 Å². The molecule has 0 aromatic heterocycles. The third kappa shape index (κ3) is 6.34. The molecule has 0 saturated carbocycles. The van der Waals surface area contributed by atoms with Crippen LogP contribution in [0.15, 0.2) is 42.5 Å². The molecular weight excluding hydrogens is 374 g/mol. The van der Waals surface area contributed by atoms with Crippen LogP contribution in [-0.4, -0.2) is 31.4 Å². The predicted molar refractivity (Wildman–Crippen MR) is 123 cm³/mol. The average molecular weight is 408 g/mol. The topological polar surface area (TPSA) is 61.4 Å². The second-order valence-electron chi connectivity index (χ2n) is 8.18. The van der Waals surface area contributed by atoms with Crippen LogP contribution < -0.4 is 15.5 Å². The molecule has 1 saturated heterocycles. The van der Waals surface area contributed by atoms with Gasteiger partial charge in [0.25, 0.3) is 0 Å². The standard InChI is InChI=1S/C25H33N3O2/c1-19-9-12-22(18-20(19)2)27-25(30)24(29)26-15-7-8-21-10-13-23(14-11-21)28-16-5-3-4-6-17-28/h9-14,18H,3-8,15-17H2,1-2H3,(H,26,29)(H,27,30). The summed E-state index contributed by atoms with van der Waals surface area (Å²) in [6.07, 6.45) is 6.90. The summed E-state index contributed by atoms with van der Waals surface area (Å²) in [5.74, 6) is -1.22. The van der Waals surface area contributed by atoms with Crippen molar-refractivity contribution in [3.8, 4) is 0 Å². The highest BCUT2D eigenvalue weighted by Gasteiger charge is 2.13. The van der Waals surface area contributed by atoms with Gasteiger partial charge in [-0.3, -0.25) is 9.59 Å². The van der Waals surface area contributed by atoms with Gasteiger partial charge in [0.15, 0.2) is 0 Å². The van der Waals surface area contributed by atoms with Crippen LogP contribution in [0.3, 0.4) is 0 Å². The molecule has 0 aliphatic carbocycles. The fraction of sp³-hybridized carbons (Fsp3) is 0.440. The van der Waals surface area contributed by atoms with E-state index in [1.807, 2.05) is 32.0 Å². The SMILES string of the molecule is Cc1ccc(NC(=O)C(=O)NCCCc2ccc(N3CCCCCC3)cc2)cc1C. The normalized spacial score (nSPS) is 14.1.